The van der Waals surface area contributed by atoms with E-state index in [2.05, 4.69) is 0 Å². The predicted octanol–water partition coefficient (Wildman–Crippen LogP) is 3.00. The summed E-state index contributed by atoms with van der Waals surface area (Å²) in [6.45, 7) is 0. The second-order valence-corrected chi connectivity index (χ2v) is 3.77. The Morgan fingerprint density at radius 2 is 1.87 bits per heavy atom. The lowest BCUT2D eigenvalue weighted by Gasteiger charge is -2.16. The van der Waals surface area contributed by atoms with E-state index in [0.29, 0.717) is 5.56 Å². The monoisotopic (exact) mass is 198 g/mol. The van der Waals surface area contributed by atoms with Gasteiger partial charge in [-0.2, -0.15) is 0 Å². The SMILES string of the molecule is OC1=CCc2cccc3ccc(O)c1c23. The molecule has 0 fully saturated rings. The molecule has 0 bridgehead atoms. The smallest absolute Gasteiger partial charge is 0.127 e. The van der Waals surface area contributed by atoms with Crippen LogP contribution in [0.1, 0.15) is 11.1 Å². The minimum atomic E-state index is 0.142. The summed E-state index contributed by atoms with van der Waals surface area (Å²) in [7, 11) is 0. The summed E-state index contributed by atoms with van der Waals surface area (Å²) in [5.41, 5.74) is 1.71. The third-order valence-electron chi connectivity index (χ3n) is 2.88. The van der Waals surface area contributed by atoms with Gasteiger partial charge in [-0.15, -0.1) is 0 Å². The van der Waals surface area contributed by atoms with Crippen molar-refractivity contribution in [1.29, 1.82) is 0 Å². The lowest BCUT2D eigenvalue weighted by atomic mass is 9.91. The number of hydrogen-bond donors (Lipinski definition) is 2. The highest BCUT2D eigenvalue weighted by molar-refractivity contribution is 5.98. The van der Waals surface area contributed by atoms with E-state index in [9.17, 15) is 10.2 Å². The largest absolute Gasteiger partial charge is 0.507 e. The molecular weight excluding hydrogens is 188 g/mol. The Bertz CT molecular complexity index is 582. The van der Waals surface area contributed by atoms with Crippen LogP contribution in [-0.4, -0.2) is 10.2 Å². The zero-order valence-electron chi connectivity index (χ0n) is 8.07. The molecule has 0 aromatic heterocycles. The number of benzene rings is 2. The minimum absolute atomic E-state index is 0.142. The molecular formula is C13H10O2. The van der Waals surface area contributed by atoms with Crippen molar-refractivity contribution in [2.24, 2.45) is 0 Å². The maximum absolute atomic E-state index is 9.75. The molecule has 0 spiro atoms. The van der Waals surface area contributed by atoms with Crippen molar-refractivity contribution in [3.63, 3.8) is 0 Å². The van der Waals surface area contributed by atoms with Gasteiger partial charge in [-0.3, -0.25) is 0 Å². The van der Waals surface area contributed by atoms with Crippen LogP contribution in [0, 0.1) is 0 Å². The van der Waals surface area contributed by atoms with E-state index < -0.39 is 0 Å². The van der Waals surface area contributed by atoms with Crippen molar-refractivity contribution in [3.05, 3.63) is 47.5 Å². The van der Waals surface area contributed by atoms with Gasteiger partial charge >= 0.3 is 0 Å². The van der Waals surface area contributed by atoms with Gasteiger partial charge in [-0.25, -0.2) is 0 Å². The summed E-state index contributed by atoms with van der Waals surface area (Å²) in [5.74, 6) is 0.320. The molecule has 0 aliphatic heterocycles. The second kappa shape index (κ2) is 2.76. The highest BCUT2D eigenvalue weighted by Gasteiger charge is 2.17. The summed E-state index contributed by atoms with van der Waals surface area (Å²) in [4.78, 5) is 0. The second-order valence-electron chi connectivity index (χ2n) is 3.77. The molecule has 0 amide bonds. The van der Waals surface area contributed by atoms with E-state index >= 15 is 0 Å². The first-order valence-electron chi connectivity index (χ1n) is 4.90. The fourth-order valence-electron chi connectivity index (χ4n) is 2.18. The maximum Gasteiger partial charge on any atom is 0.127 e. The summed E-state index contributed by atoms with van der Waals surface area (Å²) < 4.78 is 0. The average Bonchev–Trinajstić information content (AvgIpc) is 2.25. The van der Waals surface area contributed by atoms with Crippen LogP contribution in [0.15, 0.2) is 36.4 Å². The van der Waals surface area contributed by atoms with Gasteiger partial charge in [0.15, 0.2) is 0 Å². The number of allylic oxidation sites excluding steroid dienone is 1. The molecule has 2 nitrogen and oxygen atoms in total. The maximum atomic E-state index is 9.75. The zero-order chi connectivity index (χ0) is 10.4. The molecule has 15 heavy (non-hydrogen) atoms. The number of phenolic OH excluding ortho intramolecular Hbond substituents is 1. The summed E-state index contributed by atoms with van der Waals surface area (Å²) >= 11 is 0. The van der Waals surface area contributed by atoms with Crippen molar-refractivity contribution < 1.29 is 10.2 Å². The van der Waals surface area contributed by atoms with Crippen LogP contribution in [0.5, 0.6) is 5.75 Å². The number of hydrogen-bond acceptors (Lipinski definition) is 2. The topological polar surface area (TPSA) is 40.5 Å². The molecule has 2 N–H and O–H groups in total. The van der Waals surface area contributed by atoms with E-state index in [1.54, 1.807) is 12.1 Å². The molecule has 2 aromatic rings. The van der Waals surface area contributed by atoms with Gasteiger partial charge in [0.1, 0.15) is 11.5 Å². The number of rotatable bonds is 0. The quantitative estimate of drug-likeness (QED) is 0.683. The van der Waals surface area contributed by atoms with Crippen LogP contribution in [-0.2, 0) is 6.42 Å². The van der Waals surface area contributed by atoms with E-state index in [0.717, 1.165) is 22.8 Å². The lowest BCUT2D eigenvalue weighted by Crippen LogP contribution is -1.97. The van der Waals surface area contributed by atoms with Gasteiger partial charge in [-0.1, -0.05) is 24.3 Å². The molecule has 0 saturated carbocycles. The normalized spacial score (nSPS) is 14.0. The summed E-state index contributed by atoms with van der Waals surface area (Å²) in [5, 5.41) is 21.5. The Morgan fingerprint density at radius 3 is 2.73 bits per heavy atom. The van der Waals surface area contributed by atoms with E-state index in [4.69, 9.17) is 0 Å². The molecule has 3 rings (SSSR count). The zero-order valence-corrected chi connectivity index (χ0v) is 8.07. The lowest BCUT2D eigenvalue weighted by molar-refractivity contribution is 0.461. The molecule has 2 heteroatoms. The minimum Gasteiger partial charge on any atom is -0.507 e. The van der Waals surface area contributed by atoms with Crippen molar-refractivity contribution in [2.75, 3.05) is 0 Å². The first kappa shape index (κ1) is 8.36. The standard InChI is InChI=1S/C13H10O2/c14-10-6-4-8-2-1-3-9-5-7-11(15)13(10)12(8)9/h1-4,6-7,14-15H,5H2. The predicted molar refractivity (Wildman–Crippen MR) is 59.9 cm³/mol. The fourth-order valence-corrected chi connectivity index (χ4v) is 2.18. The molecule has 0 heterocycles. The van der Waals surface area contributed by atoms with Gasteiger partial charge < -0.3 is 10.2 Å². The first-order chi connectivity index (χ1) is 7.27. The Balaban J connectivity index is 2.55. The Kier molecular flexibility index (Phi) is 1.54. The van der Waals surface area contributed by atoms with Gasteiger partial charge in [0.2, 0.25) is 0 Å². The van der Waals surface area contributed by atoms with E-state index in [1.165, 1.54) is 0 Å². The van der Waals surface area contributed by atoms with Gasteiger partial charge in [0.05, 0.1) is 5.56 Å². The Hall–Kier alpha value is -1.96. The molecule has 1 aliphatic rings. The molecule has 2 aromatic carbocycles. The van der Waals surface area contributed by atoms with E-state index in [-0.39, 0.29) is 11.5 Å². The number of aromatic hydroxyl groups is 1. The van der Waals surface area contributed by atoms with Gasteiger partial charge in [0, 0.05) is 0 Å². The van der Waals surface area contributed by atoms with Crippen LogP contribution >= 0.6 is 0 Å². The highest BCUT2D eigenvalue weighted by Crippen LogP contribution is 2.37. The molecule has 0 radical (unpaired) electrons. The number of aliphatic hydroxyl groups excluding tert-OH is 1. The van der Waals surface area contributed by atoms with Gasteiger partial charge in [-0.05, 0) is 34.9 Å². The van der Waals surface area contributed by atoms with Crippen molar-refractivity contribution in [2.45, 2.75) is 6.42 Å². The van der Waals surface area contributed by atoms with Crippen LogP contribution < -0.4 is 0 Å². The highest BCUT2D eigenvalue weighted by atomic mass is 16.3. The molecule has 0 atom stereocenters. The Labute approximate surface area is 87.1 Å². The molecule has 0 saturated heterocycles. The van der Waals surface area contributed by atoms with Crippen molar-refractivity contribution in [3.8, 4) is 5.75 Å². The number of phenols is 1. The van der Waals surface area contributed by atoms with Crippen LogP contribution in [0.25, 0.3) is 16.5 Å². The van der Waals surface area contributed by atoms with Crippen LogP contribution in [0.2, 0.25) is 0 Å². The average molecular weight is 198 g/mol. The van der Waals surface area contributed by atoms with Gasteiger partial charge in [0.25, 0.3) is 0 Å². The number of aliphatic hydroxyl groups is 1. The fraction of sp³-hybridized carbons (Fsp3) is 0.0769. The molecule has 0 unspecified atom stereocenters. The summed E-state index contributed by atoms with van der Waals surface area (Å²) in [6.07, 6.45) is 2.45. The Morgan fingerprint density at radius 1 is 1.00 bits per heavy atom. The van der Waals surface area contributed by atoms with Crippen molar-refractivity contribution >= 4 is 16.5 Å². The third kappa shape index (κ3) is 1.05. The molecule has 1 aliphatic carbocycles. The molecule has 74 valence electrons. The van der Waals surface area contributed by atoms with Crippen LogP contribution in [0.4, 0.5) is 0 Å². The first-order valence-corrected chi connectivity index (χ1v) is 4.90. The summed E-state index contributed by atoms with van der Waals surface area (Å²) in [6, 6.07) is 9.50. The van der Waals surface area contributed by atoms with E-state index in [1.807, 2.05) is 24.3 Å². The third-order valence-corrected chi connectivity index (χ3v) is 2.88. The van der Waals surface area contributed by atoms with Crippen LogP contribution in [0.3, 0.4) is 0 Å². The van der Waals surface area contributed by atoms with Crippen molar-refractivity contribution in [1.82, 2.24) is 0 Å².